The summed E-state index contributed by atoms with van der Waals surface area (Å²) >= 11 is 0. The quantitative estimate of drug-likeness (QED) is 0.222. The number of carbonyl (C=O) groups is 2. The van der Waals surface area contributed by atoms with E-state index in [1.807, 2.05) is 61.5 Å². The average Bonchev–Trinajstić information content (AvgIpc) is 3.03. The summed E-state index contributed by atoms with van der Waals surface area (Å²) in [6.45, 7) is 5.98. The minimum atomic E-state index is -0.346. The number of nitrogens with one attached hydrogen (secondary N) is 3. The van der Waals surface area contributed by atoms with Crippen LogP contribution in [0.3, 0.4) is 0 Å². The first kappa shape index (κ1) is 27.9. The van der Waals surface area contributed by atoms with Crippen molar-refractivity contribution in [3.8, 4) is 0 Å². The monoisotopic (exact) mass is 571 g/mol. The lowest BCUT2D eigenvalue weighted by Crippen LogP contribution is -2.44. The van der Waals surface area contributed by atoms with Crippen LogP contribution in [-0.4, -0.2) is 59.9 Å². The summed E-state index contributed by atoms with van der Waals surface area (Å²) < 4.78 is 0. The smallest absolute Gasteiger partial charge is 0.256 e. The van der Waals surface area contributed by atoms with E-state index in [0.717, 1.165) is 48.2 Å². The molecule has 6 rings (SSSR count). The van der Waals surface area contributed by atoms with E-state index in [0.29, 0.717) is 28.5 Å². The number of fused-ring (bicyclic) bond motifs is 1. The molecule has 5 aromatic rings. The van der Waals surface area contributed by atoms with Crippen LogP contribution in [0.4, 0.5) is 28.7 Å². The summed E-state index contributed by atoms with van der Waals surface area (Å²) in [4.78, 5) is 39.7. The molecule has 9 nitrogen and oxygen atoms in total. The predicted octanol–water partition coefficient (Wildman–Crippen LogP) is 5.94. The van der Waals surface area contributed by atoms with Gasteiger partial charge in [0.05, 0.1) is 18.1 Å². The molecule has 1 aromatic heterocycles. The van der Waals surface area contributed by atoms with Gasteiger partial charge in [-0.3, -0.25) is 9.59 Å². The van der Waals surface area contributed by atoms with Gasteiger partial charge >= 0.3 is 0 Å². The van der Waals surface area contributed by atoms with Crippen molar-refractivity contribution in [2.45, 2.75) is 6.92 Å². The van der Waals surface area contributed by atoms with Gasteiger partial charge in [-0.15, -0.1) is 0 Å². The van der Waals surface area contributed by atoms with Gasteiger partial charge in [-0.05, 0) is 67.4 Å². The molecule has 216 valence electrons. The standard InChI is InChI=1S/C34H33N7O2/c1-23-10-11-25(32(42)39-31-9-5-7-24-6-3-4-8-29(24)31)20-30(23)33(43)37-27-21-35-34(36-22-27)38-26-12-14-28(15-13-26)41-18-16-40(2)17-19-41/h3-15,20-22H,16-19H2,1-2H3,(H,37,43)(H,39,42)(H,35,36,38). The summed E-state index contributed by atoms with van der Waals surface area (Å²) in [5.74, 6) is -0.213. The van der Waals surface area contributed by atoms with Gasteiger partial charge in [0.15, 0.2) is 0 Å². The zero-order valence-electron chi connectivity index (χ0n) is 24.2. The Balaban J connectivity index is 1.09. The number of anilines is 5. The lowest BCUT2D eigenvalue weighted by Gasteiger charge is -2.34. The summed E-state index contributed by atoms with van der Waals surface area (Å²) in [6, 6.07) is 26.9. The summed E-state index contributed by atoms with van der Waals surface area (Å²) in [7, 11) is 2.15. The molecule has 0 radical (unpaired) electrons. The first-order valence-corrected chi connectivity index (χ1v) is 14.3. The number of likely N-dealkylation sites (N-methyl/N-ethyl adjacent to an activating group) is 1. The molecular formula is C34H33N7O2. The lowest BCUT2D eigenvalue weighted by molar-refractivity contribution is 0.102. The van der Waals surface area contributed by atoms with Crippen LogP contribution >= 0.6 is 0 Å². The molecule has 43 heavy (non-hydrogen) atoms. The predicted molar refractivity (Wildman–Crippen MR) is 173 cm³/mol. The van der Waals surface area contributed by atoms with Gasteiger partial charge in [0.2, 0.25) is 5.95 Å². The molecule has 3 N–H and O–H groups in total. The first-order valence-electron chi connectivity index (χ1n) is 14.3. The summed E-state index contributed by atoms with van der Waals surface area (Å²) in [6.07, 6.45) is 3.11. The SMILES string of the molecule is Cc1ccc(C(=O)Nc2cccc3ccccc23)cc1C(=O)Nc1cnc(Nc2ccc(N3CCN(C)CC3)cc2)nc1. The highest BCUT2D eigenvalue weighted by atomic mass is 16.2. The van der Waals surface area contributed by atoms with Gasteiger partial charge in [0.25, 0.3) is 11.8 Å². The van der Waals surface area contributed by atoms with E-state index in [1.54, 1.807) is 30.6 Å². The molecule has 0 aliphatic carbocycles. The molecular weight excluding hydrogens is 538 g/mol. The second kappa shape index (κ2) is 12.3. The third kappa shape index (κ3) is 6.47. The number of aromatic nitrogens is 2. The number of aryl methyl sites for hydroxylation is 1. The minimum Gasteiger partial charge on any atom is -0.369 e. The van der Waals surface area contributed by atoms with Crippen molar-refractivity contribution in [1.29, 1.82) is 0 Å². The number of piperazine rings is 1. The molecule has 0 atom stereocenters. The molecule has 1 aliphatic rings. The number of hydrogen-bond acceptors (Lipinski definition) is 7. The number of hydrogen-bond donors (Lipinski definition) is 3. The van der Waals surface area contributed by atoms with Crippen LogP contribution in [0.25, 0.3) is 10.8 Å². The molecule has 4 aromatic carbocycles. The molecule has 9 heteroatoms. The van der Waals surface area contributed by atoms with Gasteiger partial charge in [-0.2, -0.15) is 0 Å². The summed E-state index contributed by atoms with van der Waals surface area (Å²) in [5.41, 5.74) is 4.77. The van der Waals surface area contributed by atoms with Gasteiger partial charge in [0, 0.05) is 59.8 Å². The summed E-state index contributed by atoms with van der Waals surface area (Å²) in [5, 5.41) is 11.0. The van der Waals surface area contributed by atoms with E-state index in [2.05, 4.69) is 54.9 Å². The molecule has 2 heterocycles. The van der Waals surface area contributed by atoms with Crippen LogP contribution < -0.4 is 20.9 Å². The Morgan fingerprint density at radius 3 is 2.23 bits per heavy atom. The van der Waals surface area contributed by atoms with E-state index >= 15 is 0 Å². The van der Waals surface area contributed by atoms with Gasteiger partial charge in [-0.25, -0.2) is 9.97 Å². The van der Waals surface area contributed by atoms with Crippen molar-refractivity contribution in [3.05, 3.63) is 114 Å². The average molecular weight is 572 g/mol. The highest BCUT2D eigenvalue weighted by molar-refractivity contribution is 6.11. The largest absolute Gasteiger partial charge is 0.369 e. The van der Waals surface area contributed by atoms with E-state index in [4.69, 9.17) is 0 Å². The van der Waals surface area contributed by atoms with Gasteiger partial charge in [-0.1, -0.05) is 42.5 Å². The van der Waals surface area contributed by atoms with Gasteiger partial charge < -0.3 is 25.8 Å². The Bertz CT molecular complexity index is 1760. The Labute approximate surface area is 250 Å². The van der Waals surface area contributed by atoms with Crippen molar-refractivity contribution in [3.63, 3.8) is 0 Å². The third-order valence-electron chi connectivity index (χ3n) is 7.68. The van der Waals surface area contributed by atoms with E-state index < -0.39 is 0 Å². The molecule has 0 saturated carbocycles. The molecule has 0 spiro atoms. The van der Waals surface area contributed by atoms with Crippen molar-refractivity contribution in [1.82, 2.24) is 14.9 Å². The molecule has 1 aliphatic heterocycles. The molecule has 0 bridgehead atoms. The fourth-order valence-electron chi connectivity index (χ4n) is 5.14. The number of benzene rings is 4. The van der Waals surface area contributed by atoms with Crippen LogP contribution in [0.5, 0.6) is 0 Å². The second-order valence-corrected chi connectivity index (χ2v) is 10.7. The zero-order chi connectivity index (χ0) is 29.8. The zero-order valence-corrected chi connectivity index (χ0v) is 24.2. The first-order chi connectivity index (χ1) is 20.9. The highest BCUT2D eigenvalue weighted by Gasteiger charge is 2.16. The third-order valence-corrected chi connectivity index (χ3v) is 7.68. The van der Waals surface area contributed by atoms with Gasteiger partial charge in [0.1, 0.15) is 0 Å². The van der Waals surface area contributed by atoms with E-state index in [9.17, 15) is 9.59 Å². The fraction of sp³-hybridized carbons (Fsp3) is 0.176. The number of carbonyl (C=O) groups excluding carboxylic acids is 2. The second-order valence-electron chi connectivity index (χ2n) is 10.7. The molecule has 1 saturated heterocycles. The lowest BCUT2D eigenvalue weighted by atomic mass is 10.0. The maximum absolute atomic E-state index is 13.2. The van der Waals surface area contributed by atoms with Crippen molar-refractivity contribution in [2.24, 2.45) is 0 Å². The van der Waals surface area contributed by atoms with E-state index in [1.165, 1.54) is 5.69 Å². The van der Waals surface area contributed by atoms with Crippen LogP contribution in [0.1, 0.15) is 26.3 Å². The number of rotatable bonds is 7. The van der Waals surface area contributed by atoms with E-state index in [-0.39, 0.29) is 11.8 Å². The Hall–Kier alpha value is -5.28. The van der Waals surface area contributed by atoms with Crippen molar-refractivity contribution >= 4 is 51.3 Å². The Morgan fingerprint density at radius 1 is 0.744 bits per heavy atom. The van der Waals surface area contributed by atoms with Crippen molar-refractivity contribution in [2.75, 3.05) is 54.1 Å². The maximum Gasteiger partial charge on any atom is 0.256 e. The van der Waals surface area contributed by atoms with Crippen LogP contribution in [0.2, 0.25) is 0 Å². The Morgan fingerprint density at radius 2 is 1.47 bits per heavy atom. The maximum atomic E-state index is 13.2. The topological polar surface area (TPSA) is 102 Å². The normalized spacial score (nSPS) is 13.5. The van der Waals surface area contributed by atoms with Crippen molar-refractivity contribution < 1.29 is 9.59 Å². The highest BCUT2D eigenvalue weighted by Crippen LogP contribution is 2.25. The molecule has 1 fully saturated rings. The minimum absolute atomic E-state index is 0.291. The van der Waals surface area contributed by atoms with Crippen LogP contribution in [0, 0.1) is 6.92 Å². The number of amides is 2. The Kier molecular flexibility index (Phi) is 7.97. The fourth-order valence-corrected chi connectivity index (χ4v) is 5.14. The molecule has 0 unspecified atom stereocenters. The van der Waals surface area contributed by atoms with Crippen LogP contribution in [-0.2, 0) is 0 Å². The van der Waals surface area contributed by atoms with Crippen LogP contribution in [0.15, 0.2) is 97.3 Å². The molecule has 2 amide bonds. The number of nitrogens with zero attached hydrogens (tertiary/aromatic N) is 4.